The molecule has 0 bridgehead atoms. The number of nitro groups is 1. The van der Waals surface area contributed by atoms with Gasteiger partial charge in [-0.25, -0.2) is 0 Å². The summed E-state index contributed by atoms with van der Waals surface area (Å²) in [5.74, 6) is -0.936. The van der Waals surface area contributed by atoms with E-state index in [1.54, 1.807) is 17.7 Å². The number of amidine groups is 2. The zero-order valence-electron chi connectivity index (χ0n) is 15.8. The van der Waals surface area contributed by atoms with Crippen LogP contribution >= 0.6 is 11.8 Å². The number of ether oxygens (including phenoxy) is 1. The Morgan fingerprint density at radius 3 is 2.72 bits per heavy atom. The summed E-state index contributed by atoms with van der Waals surface area (Å²) >= 11 is 1.21. The number of thioether (sulfide) groups is 1. The standard InChI is InChI=1S/C20H11F3N4O4S/c21-20(22,23)12-4-5-16(15(10-12)27(29)30)31-13-3-1-2-11(8-13)9-14-17(24)26-6-7-32-19(26)25-18(14)28/h1-10,24H/b14-9-,24-17?. The van der Waals surface area contributed by atoms with E-state index < -0.39 is 28.3 Å². The first-order valence-electron chi connectivity index (χ1n) is 8.83. The topological polar surface area (TPSA) is 109 Å². The van der Waals surface area contributed by atoms with Gasteiger partial charge in [0.2, 0.25) is 5.75 Å². The van der Waals surface area contributed by atoms with Gasteiger partial charge < -0.3 is 4.74 Å². The fourth-order valence-corrected chi connectivity index (χ4v) is 3.62. The van der Waals surface area contributed by atoms with E-state index >= 15 is 0 Å². The number of alkyl halides is 3. The SMILES string of the molecule is N=C1/C(=C/c2cccc(Oc3ccc(C(F)(F)F)cc3[N+](=O)[O-])c2)C(=O)N=C2SC=CN12. The Bertz CT molecular complexity index is 1250. The second-order valence-electron chi connectivity index (χ2n) is 6.49. The molecule has 162 valence electrons. The Hall–Kier alpha value is -3.93. The largest absolute Gasteiger partial charge is 0.450 e. The Labute approximate surface area is 182 Å². The highest BCUT2D eigenvalue weighted by Crippen LogP contribution is 2.38. The van der Waals surface area contributed by atoms with Gasteiger partial charge in [-0.3, -0.25) is 25.2 Å². The Morgan fingerprint density at radius 2 is 2.00 bits per heavy atom. The molecule has 2 aliphatic heterocycles. The first-order chi connectivity index (χ1) is 15.1. The summed E-state index contributed by atoms with van der Waals surface area (Å²) in [6.07, 6.45) is -1.72. The van der Waals surface area contributed by atoms with Gasteiger partial charge in [0.25, 0.3) is 5.91 Å². The summed E-state index contributed by atoms with van der Waals surface area (Å²) in [6, 6.07) is 7.99. The predicted octanol–water partition coefficient (Wildman–Crippen LogP) is 5.18. The van der Waals surface area contributed by atoms with Crippen LogP contribution < -0.4 is 4.74 Å². The monoisotopic (exact) mass is 460 g/mol. The molecule has 12 heteroatoms. The molecular formula is C20H11F3N4O4S. The molecular weight excluding hydrogens is 449 g/mol. The van der Waals surface area contributed by atoms with Crippen molar-refractivity contribution in [3.63, 3.8) is 0 Å². The van der Waals surface area contributed by atoms with Crippen LogP contribution in [-0.4, -0.2) is 26.7 Å². The lowest BCUT2D eigenvalue weighted by Crippen LogP contribution is -2.35. The minimum absolute atomic E-state index is 0.0264. The molecule has 0 aromatic heterocycles. The first-order valence-corrected chi connectivity index (χ1v) is 9.71. The number of nitrogens with zero attached hydrogens (tertiary/aromatic N) is 3. The number of aliphatic imine (C=N–C) groups is 1. The van der Waals surface area contributed by atoms with E-state index in [9.17, 15) is 28.1 Å². The number of hydrogen-bond acceptors (Lipinski definition) is 6. The van der Waals surface area contributed by atoms with Crippen LogP contribution in [0.4, 0.5) is 18.9 Å². The van der Waals surface area contributed by atoms with Crippen LogP contribution in [0.5, 0.6) is 11.5 Å². The summed E-state index contributed by atoms with van der Waals surface area (Å²) in [7, 11) is 0. The van der Waals surface area contributed by atoms with Crippen molar-refractivity contribution in [2.24, 2.45) is 4.99 Å². The van der Waals surface area contributed by atoms with Crippen LogP contribution in [0.3, 0.4) is 0 Å². The molecule has 0 saturated heterocycles. The van der Waals surface area contributed by atoms with Gasteiger partial charge in [-0.2, -0.15) is 18.2 Å². The van der Waals surface area contributed by atoms with Gasteiger partial charge in [0.15, 0.2) is 5.17 Å². The fraction of sp³-hybridized carbons (Fsp3) is 0.0500. The van der Waals surface area contributed by atoms with Crippen molar-refractivity contribution in [1.29, 1.82) is 5.41 Å². The number of carbonyl (C=O) groups excluding carboxylic acids is 1. The van der Waals surface area contributed by atoms with Crippen molar-refractivity contribution in [1.82, 2.24) is 4.90 Å². The second kappa shape index (κ2) is 7.96. The first kappa shape index (κ1) is 21.3. The van der Waals surface area contributed by atoms with E-state index in [2.05, 4.69) is 4.99 Å². The lowest BCUT2D eigenvalue weighted by atomic mass is 10.1. The number of hydrogen-bond donors (Lipinski definition) is 1. The van der Waals surface area contributed by atoms with Crippen molar-refractivity contribution in [2.45, 2.75) is 6.18 Å². The molecule has 2 aromatic carbocycles. The lowest BCUT2D eigenvalue weighted by molar-refractivity contribution is -0.385. The average Bonchev–Trinajstić information content (AvgIpc) is 3.19. The highest BCUT2D eigenvalue weighted by molar-refractivity contribution is 8.16. The van der Waals surface area contributed by atoms with Crippen LogP contribution in [0.1, 0.15) is 11.1 Å². The molecule has 0 radical (unpaired) electrons. The number of halogens is 3. The van der Waals surface area contributed by atoms with Crippen molar-refractivity contribution in [3.8, 4) is 11.5 Å². The normalized spacial score (nSPS) is 16.9. The number of benzene rings is 2. The fourth-order valence-electron chi connectivity index (χ4n) is 2.92. The van der Waals surface area contributed by atoms with Crippen LogP contribution in [0.25, 0.3) is 6.08 Å². The molecule has 2 aromatic rings. The number of nitrogens with one attached hydrogen (secondary N) is 1. The highest BCUT2D eigenvalue weighted by Gasteiger charge is 2.34. The Balaban J connectivity index is 1.64. The quantitative estimate of drug-likeness (QED) is 0.382. The zero-order valence-corrected chi connectivity index (χ0v) is 16.6. The van der Waals surface area contributed by atoms with E-state index in [4.69, 9.17) is 10.1 Å². The Kier molecular flexibility index (Phi) is 5.30. The molecule has 0 unspecified atom stereocenters. The predicted molar refractivity (Wildman–Crippen MR) is 111 cm³/mol. The summed E-state index contributed by atoms with van der Waals surface area (Å²) in [5, 5.41) is 21.5. The van der Waals surface area contributed by atoms with Crippen LogP contribution in [0.2, 0.25) is 0 Å². The average molecular weight is 460 g/mol. The molecule has 0 spiro atoms. The van der Waals surface area contributed by atoms with Crippen LogP contribution in [-0.2, 0) is 11.0 Å². The molecule has 8 nitrogen and oxygen atoms in total. The zero-order chi connectivity index (χ0) is 23.0. The molecule has 4 rings (SSSR count). The van der Waals surface area contributed by atoms with Crippen molar-refractivity contribution < 1.29 is 27.6 Å². The molecule has 0 fully saturated rings. The molecule has 0 atom stereocenters. The summed E-state index contributed by atoms with van der Waals surface area (Å²) in [5.41, 5.74) is -1.55. The summed E-state index contributed by atoms with van der Waals surface area (Å²) in [4.78, 5) is 27.9. The minimum Gasteiger partial charge on any atom is -0.450 e. The van der Waals surface area contributed by atoms with E-state index in [0.29, 0.717) is 22.9 Å². The second-order valence-corrected chi connectivity index (χ2v) is 7.36. The molecule has 2 heterocycles. The maximum atomic E-state index is 12.9. The van der Waals surface area contributed by atoms with Gasteiger partial charge in [0, 0.05) is 12.3 Å². The van der Waals surface area contributed by atoms with E-state index in [1.807, 2.05) is 0 Å². The molecule has 0 aliphatic carbocycles. The molecule has 32 heavy (non-hydrogen) atoms. The van der Waals surface area contributed by atoms with Crippen molar-refractivity contribution in [2.75, 3.05) is 0 Å². The third kappa shape index (κ3) is 4.12. The number of carbonyl (C=O) groups is 1. The lowest BCUT2D eigenvalue weighted by Gasteiger charge is -2.22. The molecule has 1 N–H and O–H groups in total. The molecule has 1 amide bonds. The van der Waals surface area contributed by atoms with Crippen LogP contribution in [0, 0.1) is 15.5 Å². The number of fused-ring (bicyclic) bond motifs is 1. The summed E-state index contributed by atoms with van der Waals surface area (Å²) in [6.45, 7) is 0. The summed E-state index contributed by atoms with van der Waals surface area (Å²) < 4.78 is 44.1. The van der Waals surface area contributed by atoms with Gasteiger partial charge in [-0.15, -0.1) is 0 Å². The van der Waals surface area contributed by atoms with Gasteiger partial charge >= 0.3 is 11.9 Å². The van der Waals surface area contributed by atoms with E-state index in [0.717, 1.165) is 6.07 Å². The smallest absolute Gasteiger partial charge is 0.416 e. The third-order valence-corrected chi connectivity index (χ3v) is 5.15. The van der Waals surface area contributed by atoms with Crippen LogP contribution in [0.15, 0.2) is 64.6 Å². The number of nitro benzene ring substituents is 1. The number of rotatable bonds is 4. The van der Waals surface area contributed by atoms with E-state index in [-0.39, 0.29) is 22.9 Å². The maximum absolute atomic E-state index is 12.9. The van der Waals surface area contributed by atoms with Gasteiger partial charge in [0.1, 0.15) is 11.6 Å². The van der Waals surface area contributed by atoms with E-state index in [1.165, 1.54) is 40.9 Å². The van der Waals surface area contributed by atoms with Gasteiger partial charge in [0.05, 0.1) is 16.1 Å². The molecule has 0 saturated carbocycles. The molecule has 2 aliphatic rings. The minimum atomic E-state index is -4.74. The third-order valence-electron chi connectivity index (χ3n) is 4.39. The Morgan fingerprint density at radius 1 is 1.22 bits per heavy atom. The van der Waals surface area contributed by atoms with Gasteiger partial charge in [-0.05, 0) is 41.3 Å². The van der Waals surface area contributed by atoms with Gasteiger partial charge in [-0.1, -0.05) is 23.9 Å². The maximum Gasteiger partial charge on any atom is 0.416 e. The van der Waals surface area contributed by atoms with Crippen molar-refractivity contribution >= 4 is 40.4 Å². The van der Waals surface area contributed by atoms with Crippen molar-refractivity contribution in [3.05, 3.63) is 80.9 Å². The highest BCUT2D eigenvalue weighted by atomic mass is 32.2. The number of amides is 1.